The van der Waals surface area contributed by atoms with E-state index in [1.165, 1.54) is 0 Å². The molecule has 0 radical (unpaired) electrons. The predicted molar refractivity (Wildman–Crippen MR) is 80.9 cm³/mol. The molecule has 0 fully saturated rings. The van der Waals surface area contributed by atoms with Gasteiger partial charge in [0, 0.05) is 15.7 Å². The Labute approximate surface area is 121 Å². The topological polar surface area (TPSA) is 55.1 Å². The van der Waals surface area contributed by atoms with Gasteiger partial charge in [0.15, 0.2) is 0 Å². The molecule has 19 heavy (non-hydrogen) atoms. The summed E-state index contributed by atoms with van der Waals surface area (Å²) >= 11 is 3.42. The third kappa shape index (κ3) is 3.58. The third-order valence-electron chi connectivity index (χ3n) is 2.85. The van der Waals surface area contributed by atoms with Crippen molar-refractivity contribution < 1.29 is 4.79 Å². The molecule has 2 aromatic rings. The van der Waals surface area contributed by atoms with Gasteiger partial charge in [-0.15, -0.1) is 0 Å². The van der Waals surface area contributed by atoms with Gasteiger partial charge in [0.05, 0.1) is 6.04 Å². The molecular formula is C15H15BrN2O. The Morgan fingerprint density at radius 3 is 2.63 bits per heavy atom. The molecule has 0 aliphatic heterocycles. The number of nitrogen functional groups attached to an aromatic ring is 1. The van der Waals surface area contributed by atoms with E-state index in [2.05, 4.69) is 21.2 Å². The zero-order valence-electron chi connectivity index (χ0n) is 10.6. The normalized spacial score (nSPS) is 11.9. The minimum atomic E-state index is -0.125. The first-order valence-electron chi connectivity index (χ1n) is 5.98. The first-order valence-corrected chi connectivity index (χ1v) is 6.77. The SMILES string of the molecule is CC(NC(=O)c1cccc(N)c1)c1cccc(Br)c1. The molecule has 1 atom stereocenters. The van der Waals surface area contributed by atoms with Crippen molar-refractivity contribution in [3.05, 3.63) is 64.1 Å². The largest absolute Gasteiger partial charge is 0.399 e. The van der Waals surface area contributed by atoms with E-state index in [0.717, 1.165) is 10.0 Å². The molecule has 1 amide bonds. The lowest BCUT2D eigenvalue weighted by Gasteiger charge is -2.15. The van der Waals surface area contributed by atoms with Crippen molar-refractivity contribution in [3.8, 4) is 0 Å². The van der Waals surface area contributed by atoms with Crippen LogP contribution in [0, 0.1) is 0 Å². The van der Waals surface area contributed by atoms with E-state index >= 15 is 0 Å². The molecule has 1 unspecified atom stereocenters. The van der Waals surface area contributed by atoms with Crippen LogP contribution in [0.5, 0.6) is 0 Å². The molecule has 3 nitrogen and oxygen atoms in total. The van der Waals surface area contributed by atoms with Crippen molar-refractivity contribution in [2.24, 2.45) is 0 Å². The van der Waals surface area contributed by atoms with Gasteiger partial charge in [-0.05, 0) is 42.8 Å². The molecule has 0 aliphatic carbocycles. The van der Waals surface area contributed by atoms with E-state index < -0.39 is 0 Å². The van der Waals surface area contributed by atoms with Crippen LogP contribution in [0.3, 0.4) is 0 Å². The Morgan fingerprint density at radius 1 is 1.21 bits per heavy atom. The van der Waals surface area contributed by atoms with Crippen molar-refractivity contribution in [3.63, 3.8) is 0 Å². The maximum absolute atomic E-state index is 12.1. The molecule has 0 bridgehead atoms. The number of rotatable bonds is 3. The lowest BCUT2D eigenvalue weighted by molar-refractivity contribution is 0.0940. The second-order valence-corrected chi connectivity index (χ2v) is 5.29. The van der Waals surface area contributed by atoms with E-state index in [1.54, 1.807) is 24.3 Å². The summed E-state index contributed by atoms with van der Waals surface area (Å²) in [4.78, 5) is 12.1. The average Bonchev–Trinajstić information content (AvgIpc) is 2.38. The molecule has 98 valence electrons. The summed E-state index contributed by atoms with van der Waals surface area (Å²) in [7, 11) is 0. The Balaban J connectivity index is 2.11. The van der Waals surface area contributed by atoms with Crippen LogP contribution in [0.15, 0.2) is 53.0 Å². The van der Waals surface area contributed by atoms with E-state index in [4.69, 9.17) is 5.73 Å². The van der Waals surface area contributed by atoms with Gasteiger partial charge in [0.2, 0.25) is 0 Å². The number of hydrogen-bond donors (Lipinski definition) is 2. The first kappa shape index (κ1) is 13.6. The maximum Gasteiger partial charge on any atom is 0.251 e. The van der Waals surface area contributed by atoms with Gasteiger partial charge in [-0.2, -0.15) is 0 Å². The molecule has 0 saturated heterocycles. The highest BCUT2D eigenvalue weighted by Gasteiger charge is 2.11. The Kier molecular flexibility index (Phi) is 4.22. The highest BCUT2D eigenvalue weighted by Crippen LogP contribution is 2.18. The summed E-state index contributed by atoms with van der Waals surface area (Å²) < 4.78 is 0.995. The fraction of sp³-hybridized carbons (Fsp3) is 0.133. The zero-order chi connectivity index (χ0) is 13.8. The van der Waals surface area contributed by atoms with Gasteiger partial charge in [-0.1, -0.05) is 34.1 Å². The number of carbonyl (C=O) groups is 1. The smallest absolute Gasteiger partial charge is 0.251 e. The van der Waals surface area contributed by atoms with Crippen molar-refractivity contribution in [1.29, 1.82) is 0 Å². The lowest BCUT2D eigenvalue weighted by Crippen LogP contribution is -2.26. The van der Waals surface area contributed by atoms with Crippen molar-refractivity contribution >= 4 is 27.5 Å². The van der Waals surface area contributed by atoms with Crippen LogP contribution in [-0.2, 0) is 0 Å². The van der Waals surface area contributed by atoms with Crippen LogP contribution in [0.2, 0.25) is 0 Å². The number of nitrogens with two attached hydrogens (primary N) is 1. The molecule has 0 aromatic heterocycles. The number of anilines is 1. The highest BCUT2D eigenvalue weighted by molar-refractivity contribution is 9.10. The minimum absolute atomic E-state index is 0.0635. The van der Waals surface area contributed by atoms with E-state index in [9.17, 15) is 4.79 Å². The highest BCUT2D eigenvalue weighted by atomic mass is 79.9. The molecule has 3 N–H and O–H groups in total. The summed E-state index contributed by atoms with van der Waals surface area (Å²) in [5.41, 5.74) is 7.88. The molecule has 4 heteroatoms. The fourth-order valence-electron chi connectivity index (χ4n) is 1.82. The monoisotopic (exact) mass is 318 g/mol. The zero-order valence-corrected chi connectivity index (χ0v) is 12.1. The number of carbonyl (C=O) groups excluding carboxylic acids is 1. The van der Waals surface area contributed by atoms with E-state index in [1.807, 2.05) is 31.2 Å². The quantitative estimate of drug-likeness (QED) is 0.851. The number of nitrogens with one attached hydrogen (secondary N) is 1. The van der Waals surface area contributed by atoms with Crippen LogP contribution in [0.25, 0.3) is 0 Å². The summed E-state index contributed by atoms with van der Waals surface area (Å²) in [6.45, 7) is 1.95. The number of amides is 1. The van der Waals surface area contributed by atoms with Crippen LogP contribution in [0.4, 0.5) is 5.69 Å². The number of benzene rings is 2. The van der Waals surface area contributed by atoms with Crippen molar-refractivity contribution in [2.45, 2.75) is 13.0 Å². The summed E-state index contributed by atoms with van der Waals surface area (Å²) in [5.74, 6) is -0.125. The summed E-state index contributed by atoms with van der Waals surface area (Å²) in [5, 5.41) is 2.95. The van der Waals surface area contributed by atoms with Gasteiger partial charge >= 0.3 is 0 Å². The molecule has 0 heterocycles. The van der Waals surface area contributed by atoms with Gasteiger partial charge < -0.3 is 11.1 Å². The van der Waals surface area contributed by atoms with Gasteiger partial charge in [0.25, 0.3) is 5.91 Å². The standard InChI is InChI=1S/C15H15BrN2O/c1-10(11-4-2-6-13(16)8-11)18-15(19)12-5-3-7-14(17)9-12/h2-10H,17H2,1H3,(H,18,19). The molecule has 0 aliphatic rings. The van der Waals surface area contributed by atoms with Crippen LogP contribution < -0.4 is 11.1 Å². The van der Waals surface area contributed by atoms with Crippen molar-refractivity contribution in [2.75, 3.05) is 5.73 Å². The fourth-order valence-corrected chi connectivity index (χ4v) is 2.24. The van der Waals surface area contributed by atoms with Gasteiger partial charge in [-0.25, -0.2) is 0 Å². The average molecular weight is 319 g/mol. The van der Waals surface area contributed by atoms with Crippen molar-refractivity contribution in [1.82, 2.24) is 5.32 Å². The molecular weight excluding hydrogens is 304 g/mol. The lowest BCUT2D eigenvalue weighted by atomic mass is 10.1. The Bertz CT molecular complexity index is 598. The summed E-state index contributed by atoms with van der Waals surface area (Å²) in [6, 6.07) is 14.8. The Hall–Kier alpha value is -1.81. The molecule has 2 rings (SSSR count). The molecule has 0 spiro atoms. The van der Waals surface area contributed by atoms with E-state index in [0.29, 0.717) is 11.3 Å². The Morgan fingerprint density at radius 2 is 1.95 bits per heavy atom. The van der Waals surface area contributed by atoms with Crippen LogP contribution >= 0.6 is 15.9 Å². The summed E-state index contributed by atoms with van der Waals surface area (Å²) in [6.07, 6.45) is 0. The predicted octanol–water partition coefficient (Wildman–Crippen LogP) is 3.52. The minimum Gasteiger partial charge on any atom is -0.399 e. The third-order valence-corrected chi connectivity index (χ3v) is 3.34. The second-order valence-electron chi connectivity index (χ2n) is 4.38. The van der Waals surface area contributed by atoms with Gasteiger partial charge in [0.1, 0.15) is 0 Å². The van der Waals surface area contributed by atoms with E-state index in [-0.39, 0.29) is 11.9 Å². The molecule has 0 saturated carbocycles. The maximum atomic E-state index is 12.1. The number of hydrogen-bond acceptors (Lipinski definition) is 2. The van der Waals surface area contributed by atoms with Crippen LogP contribution in [0.1, 0.15) is 28.9 Å². The van der Waals surface area contributed by atoms with Gasteiger partial charge in [-0.3, -0.25) is 4.79 Å². The second kappa shape index (κ2) is 5.89. The number of halogens is 1. The van der Waals surface area contributed by atoms with Crippen LogP contribution in [-0.4, -0.2) is 5.91 Å². The molecule has 2 aromatic carbocycles. The first-order chi connectivity index (χ1) is 9.06.